The van der Waals surface area contributed by atoms with Crippen molar-refractivity contribution in [3.63, 3.8) is 0 Å². The van der Waals surface area contributed by atoms with Crippen LogP contribution in [-0.2, 0) is 10.5 Å². The van der Waals surface area contributed by atoms with Gasteiger partial charge in [-0.15, -0.1) is 5.10 Å². The Bertz CT molecular complexity index is 1130. The van der Waals surface area contributed by atoms with Gasteiger partial charge in [0.2, 0.25) is 17.0 Å². The summed E-state index contributed by atoms with van der Waals surface area (Å²) in [5.41, 5.74) is 7.87. The van der Waals surface area contributed by atoms with Gasteiger partial charge in [-0.05, 0) is 24.6 Å². The average Bonchev–Trinajstić information content (AvgIpc) is 3.09. The Morgan fingerprint density at radius 3 is 2.72 bits per heavy atom. The Balaban J connectivity index is 1.72. The van der Waals surface area contributed by atoms with Crippen LogP contribution in [0.25, 0.3) is 0 Å². The van der Waals surface area contributed by atoms with Gasteiger partial charge in [0.25, 0.3) is 0 Å². The number of benzene rings is 2. The number of carbonyl (C=O) groups excluding carboxylic acids is 1. The Morgan fingerprint density at radius 1 is 1.28 bits per heavy atom. The molecule has 1 aliphatic heterocycles. The highest BCUT2D eigenvalue weighted by Crippen LogP contribution is 2.38. The van der Waals surface area contributed by atoms with Crippen LogP contribution in [0, 0.1) is 5.82 Å². The highest BCUT2D eigenvalue weighted by molar-refractivity contribution is 7.98. The van der Waals surface area contributed by atoms with E-state index >= 15 is 0 Å². The van der Waals surface area contributed by atoms with E-state index in [9.17, 15) is 9.18 Å². The smallest absolute Gasteiger partial charge is 0.248 e. The Kier molecular flexibility index (Phi) is 5.29. The lowest BCUT2D eigenvalue weighted by Crippen LogP contribution is -2.32. The van der Waals surface area contributed by atoms with Gasteiger partial charge in [-0.2, -0.15) is 4.98 Å². The zero-order valence-corrected chi connectivity index (χ0v) is 17.0. The van der Waals surface area contributed by atoms with Crippen LogP contribution in [0.4, 0.5) is 10.3 Å². The third-order valence-corrected chi connectivity index (χ3v) is 5.84. The number of nitrogens with one attached hydrogen (secondary N) is 1. The van der Waals surface area contributed by atoms with E-state index in [0.29, 0.717) is 44.3 Å². The molecule has 3 aromatic rings. The van der Waals surface area contributed by atoms with Crippen LogP contribution >= 0.6 is 23.4 Å². The van der Waals surface area contributed by atoms with E-state index in [1.807, 2.05) is 18.2 Å². The summed E-state index contributed by atoms with van der Waals surface area (Å²) in [6.07, 6.45) is 0. The highest BCUT2D eigenvalue weighted by Gasteiger charge is 2.34. The summed E-state index contributed by atoms with van der Waals surface area (Å²) in [5, 5.41) is 8.57. The van der Waals surface area contributed by atoms with Crippen molar-refractivity contribution in [2.24, 2.45) is 5.73 Å². The van der Waals surface area contributed by atoms with Gasteiger partial charge >= 0.3 is 0 Å². The number of halogens is 2. The lowest BCUT2D eigenvalue weighted by Gasteiger charge is -2.28. The largest absolute Gasteiger partial charge is 0.366 e. The van der Waals surface area contributed by atoms with Gasteiger partial charge in [0, 0.05) is 22.0 Å². The van der Waals surface area contributed by atoms with Crippen molar-refractivity contribution in [1.29, 1.82) is 0 Å². The standard InChI is InChI=1S/C20H17ClFN5OS/c1-11-16(18(23)28)17(13-7-3-4-8-14(13)21)27-19(24-11)25-20(26-27)29-10-12-6-2-5-9-15(12)22/h2-9,17H,10H2,1H3,(H2,23,28)(H,24,25,26)/t17-/m0/s1. The molecule has 29 heavy (non-hydrogen) atoms. The number of nitrogens with zero attached hydrogens (tertiary/aromatic N) is 3. The molecule has 4 rings (SSSR count). The molecule has 1 aromatic heterocycles. The maximum absolute atomic E-state index is 13.9. The lowest BCUT2D eigenvalue weighted by molar-refractivity contribution is -0.115. The minimum atomic E-state index is -0.604. The van der Waals surface area contributed by atoms with Crippen molar-refractivity contribution in [2.45, 2.75) is 23.9 Å². The number of hydrogen-bond donors (Lipinski definition) is 2. The Morgan fingerprint density at radius 2 is 2.00 bits per heavy atom. The summed E-state index contributed by atoms with van der Waals surface area (Å²) in [6.45, 7) is 1.76. The molecular weight excluding hydrogens is 413 g/mol. The Hall–Kier alpha value is -2.84. The fraction of sp³-hybridized carbons (Fsp3) is 0.150. The topological polar surface area (TPSA) is 85.8 Å². The number of nitrogens with two attached hydrogens (primary N) is 1. The number of carbonyl (C=O) groups is 1. The average molecular weight is 430 g/mol. The van der Waals surface area contributed by atoms with Gasteiger partial charge in [-0.3, -0.25) is 4.79 Å². The number of anilines is 1. The van der Waals surface area contributed by atoms with Crippen molar-refractivity contribution < 1.29 is 9.18 Å². The van der Waals surface area contributed by atoms with Crippen LogP contribution in [-0.4, -0.2) is 20.7 Å². The molecule has 148 valence electrons. The zero-order valence-electron chi connectivity index (χ0n) is 15.4. The van der Waals surface area contributed by atoms with Crippen molar-refractivity contribution in [3.05, 3.63) is 81.8 Å². The second kappa shape index (κ2) is 7.88. The molecule has 0 saturated carbocycles. The molecule has 1 atom stereocenters. The van der Waals surface area contributed by atoms with Crippen LogP contribution in [0.2, 0.25) is 5.02 Å². The lowest BCUT2D eigenvalue weighted by atomic mass is 9.95. The first-order valence-electron chi connectivity index (χ1n) is 8.80. The number of aromatic nitrogens is 3. The van der Waals surface area contributed by atoms with Crippen LogP contribution in [0.5, 0.6) is 0 Å². The van der Waals surface area contributed by atoms with Crippen molar-refractivity contribution >= 4 is 35.2 Å². The normalized spacial score (nSPS) is 15.8. The zero-order chi connectivity index (χ0) is 20.5. The predicted octanol–water partition coefficient (Wildman–Crippen LogP) is 4.14. The van der Waals surface area contributed by atoms with Gasteiger partial charge in [0.1, 0.15) is 11.9 Å². The van der Waals surface area contributed by atoms with Gasteiger partial charge in [-0.25, -0.2) is 9.07 Å². The van der Waals surface area contributed by atoms with E-state index in [-0.39, 0.29) is 5.82 Å². The van der Waals surface area contributed by atoms with E-state index in [1.165, 1.54) is 17.8 Å². The summed E-state index contributed by atoms with van der Waals surface area (Å²) in [5.74, 6) is 0.00163. The van der Waals surface area contributed by atoms with Gasteiger partial charge in [0.05, 0.1) is 5.57 Å². The number of thioether (sulfide) groups is 1. The molecule has 2 aromatic carbocycles. The molecule has 0 saturated heterocycles. The summed E-state index contributed by atoms with van der Waals surface area (Å²) in [7, 11) is 0. The van der Waals surface area contributed by atoms with Gasteiger partial charge < -0.3 is 11.1 Å². The van der Waals surface area contributed by atoms with E-state index in [2.05, 4.69) is 15.4 Å². The van der Waals surface area contributed by atoms with Crippen molar-refractivity contribution in [2.75, 3.05) is 5.32 Å². The molecule has 9 heteroatoms. The molecule has 0 spiro atoms. The molecule has 0 fully saturated rings. The molecule has 3 N–H and O–H groups in total. The summed E-state index contributed by atoms with van der Waals surface area (Å²) < 4.78 is 15.5. The van der Waals surface area contributed by atoms with Crippen LogP contribution < -0.4 is 11.1 Å². The molecule has 2 heterocycles. The molecule has 0 unspecified atom stereocenters. The third-order valence-electron chi connectivity index (χ3n) is 4.61. The number of allylic oxidation sites excluding steroid dienone is 1. The second-order valence-corrected chi connectivity index (χ2v) is 7.84. The fourth-order valence-electron chi connectivity index (χ4n) is 3.25. The molecular formula is C20H17ClFN5OS. The minimum Gasteiger partial charge on any atom is -0.366 e. The quantitative estimate of drug-likeness (QED) is 0.595. The first-order valence-corrected chi connectivity index (χ1v) is 10.2. The number of amides is 1. The molecule has 1 amide bonds. The number of primary amides is 1. The van der Waals surface area contributed by atoms with E-state index in [0.717, 1.165) is 0 Å². The maximum Gasteiger partial charge on any atom is 0.248 e. The van der Waals surface area contributed by atoms with Gasteiger partial charge in [-0.1, -0.05) is 59.8 Å². The van der Waals surface area contributed by atoms with Crippen molar-refractivity contribution in [1.82, 2.24) is 14.8 Å². The highest BCUT2D eigenvalue weighted by atomic mass is 35.5. The monoisotopic (exact) mass is 429 g/mol. The first-order chi connectivity index (χ1) is 14.0. The summed E-state index contributed by atoms with van der Waals surface area (Å²) in [6, 6.07) is 13.2. The van der Waals surface area contributed by atoms with Crippen molar-refractivity contribution in [3.8, 4) is 0 Å². The molecule has 0 aliphatic carbocycles. The number of rotatable bonds is 5. The van der Waals surface area contributed by atoms with E-state index in [1.54, 1.807) is 35.9 Å². The fourth-order valence-corrected chi connectivity index (χ4v) is 4.31. The molecule has 1 aliphatic rings. The third kappa shape index (κ3) is 3.73. The number of hydrogen-bond acceptors (Lipinski definition) is 5. The maximum atomic E-state index is 13.9. The molecule has 0 bridgehead atoms. The van der Waals surface area contributed by atoms with Crippen LogP contribution in [0.3, 0.4) is 0 Å². The first kappa shape index (κ1) is 19.5. The van der Waals surface area contributed by atoms with Gasteiger partial charge in [0.15, 0.2) is 0 Å². The molecule has 0 radical (unpaired) electrons. The van der Waals surface area contributed by atoms with Crippen LogP contribution in [0.15, 0.2) is 65.0 Å². The minimum absolute atomic E-state index is 0.274. The van der Waals surface area contributed by atoms with E-state index < -0.39 is 11.9 Å². The summed E-state index contributed by atoms with van der Waals surface area (Å²) >= 11 is 7.71. The number of fused-ring (bicyclic) bond motifs is 1. The molecule has 6 nitrogen and oxygen atoms in total. The van der Waals surface area contributed by atoms with E-state index in [4.69, 9.17) is 17.3 Å². The summed E-state index contributed by atoms with van der Waals surface area (Å²) in [4.78, 5) is 16.7. The SMILES string of the molecule is CC1=C(C(N)=O)[C@H](c2ccccc2Cl)n2nc(SCc3ccccc3F)nc2N1. The predicted molar refractivity (Wildman–Crippen MR) is 111 cm³/mol. The van der Waals surface area contributed by atoms with Crippen LogP contribution in [0.1, 0.15) is 24.1 Å². The second-order valence-electron chi connectivity index (χ2n) is 6.49. The Labute approximate surface area is 176 Å².